The molecule has 0 saturated heterocycles. The summed E-state index contributed by atoms with van der Waals surface area (Å²) >= 11 is 0. The van der Waals surface area contributed by atoms with Crippen LogP contribution in [-0.4, -0.2) is 52.6 Å². The van der Waals surface area contributed by atoms with Gasteiger partial charge in [-0.3, -0.25) is 19.2 Å². The summed E-state index contributed by atoms with van der Waals surface area (Å²) in [5.41, 5.74) is 4.71. The van der Waals surface area contributed by atoms with Crippen LogP contribution >= 0.6 is 0 Å². The maximum absolute atomic E-state index is 14.1. The minimum Gasteiger partial charge on any atom is -0.351 e. The summed E-state index contributed by atoms with van der Waals surface area (Å²) in [5.74, 6) is 0.149. The van der Waals surface area contributed by atoms with E-state index in [-0.39, 0.29) is 47.5 Å². The maximum Gasteiger partial charge on any atom is 0.244 e. The predicted octanol–water partition coefficient (Wildman–Crippen LogP) is 3.06. The lowest BCUT2D eigenvalue weighted by atomic mass is 9.76. The van der Waals surface area contributed by atoms with Crippen LogP contribution in [0.3, 0.4) is 0 Å². The van der Waals surface area contributed by atoms with Gasteiger partial charge in [0.1, 0.15) is 12.4 Å². The van der Waals surface area contributed by atoms with Gasteiger partial charge in [0.2, 0.25) is 23.6 Å². The molecule has 4 amide bonds. The summed E-state index contributed by atoms with van der Waals surface area (Å²) in [6.07, 6.45) is 4.99. The van der Waals surface area contributed by atoms with Crippen molar-refractivity contribution in [2.45, 2.75) is 63.1 Å². The van der Waals surface area contributed by atoms with Crippen LogP contribution in [-0.2, 0) is 50.5 Å². The second-order valence-electron chi connectivity index (χ2n) is 13.3. The molecule has 10 nitrogen and oxygen atoms in total. The van der Waals surface area contributed by atoms with Crippen molar-refractivity contribution in [2.75, 3.05) is 24.2 Å². The molecular weight excluding hydrogens is 568 g/mol. The minimum absolute atomic E-state index is 0.0456. The Kier molecular flexibility index (Phi) is 7.19. The van der Waals surface area contributed by atoms with Crippen LogP contribution < -0.4 is 21.3 Å². The van der Waals surface area contributed by atoms with E-state index in [1.807, 2.05) is 61.6 Å². The fourth-order valence-electron chi connectivity index (χ4n) is 8.24. The summed E-state index contributed by atoms with van der Waals surface area (Å²) in [4.78, 5) is 58.6. The number of anilines is 2. The highest BCUT2D eigenvalue weighted by atomic mass is 16.2. The SMILES string of the molecule is CNCc1ccccc1CN(CC(=O)Nc1ccc2c(c1)C[C@@]1(C2)C(=O)Nc2ncccc21)C(=O)[C@@H]1CC2(NC(C)=O)CC1C2. The number of hydrogen-bond acceptors (Lipinski definition) is 6. The Morgan fingerprint density at radius 2 is 1.78 bits per heavy atom. The van der Waals surface area contributed by atoms with Gasteiger partial charge in [0.25, 0.3) is 0 Å². The molecule has 3 aromatic rings. The lowest BCUT2D eigenvalue weighted by molar-refractivity contribution is -0.139. The van der Waals surface area contributed by atoms with Gasteiger partial charge < -0.3 is 26.2 Å². The van der Waals surface area contributed by atoms with Crippen LogP contribution in [0.4, 0.5) is 11.5 Å². The number of nitrogens with zero attached hydrogens (tertiary/aromatic N) is 2. The van der Waals surface area contributed by atoms with Crippen LogP contribution in [0.25, 0.3) is 0 Å². The first-order valence-electron chi connectivity index (χ1n) is 15.7. The molecule has 2 aromatic carbocycles. The lowest BCUT2D eigenvalue weighted by Gasteiger charge is -2.39. The van der Waals surface area contributed by atoms with Gasteiger partial charge in [0.05, 0.1) is 5.41 Å². The molecule has 4 N–H and O–H groups in total. The van der Waals surface area contributed by atoms with Crippen LogP contribution in [0, 0.1) is 11.8 Å². The quantitative estimate of drug-likeness (QED) is 0.296. The molecule has 2 atom stereocenters. The number of carbonyl (C=O) groups is 4. The zero-order valence-electron chi connectivity index (χ0n) is 25.6. The van der Waals surface area contributed by atoms with E-state index in [2.05, 4.69) is 26.3 Å². The number of carbonyl (C=O) groups excluding carboxylic acids is 4. The van der Waals surface area contributed by atoms with Gasteiger partial charge in [0, 0.05) is 48.9 Å². The minimum atomic E-state index is -0.685. The first-order valence-corrected chi connectivity index (χ1v) is 15.7. The van der Waals surface area contributed by atoms with Gasteiger partial charge in [-0.05, 0) is 85.5 Å². The van der Waals surface area contributed by atoms with Crippen molar-refractivity contribution in [1.82, 2.24) is 20.5 Å². The van der Waals surface area contributed by atoms with Crippen molar-refractivity contribution in [1.29, 1.82) is 0 Å². The van der Waals surface area contributed by atoms with Crippen molar-refractivity contribution >= 4 is 35.1 Å². The third-order valence-corrected chi connectivity index (χ3v) is 10.2. The van der Waals surface area contributed by atoms with Gasteiger partial charge in [0.15, 0.2) is 0 Å². The van der Waals surface area contributed by atoms with Crippen LogP contribution in [0.2, 0.25) is 0 Å². The zero-order chi connectivity index (χ0) is 31.3. The van der Waals surface area contributed by atoms with E-state index < -0.39 is 5.41 Å². The zero-order valence-corrected chi connectivity index (χ0v) is 25.6. The third-order valence-electron chi connectivity index (χ3n) is 10.2. The smallest absolute Gasteiger partial charge is 0.244 e. The molecule has 10 heteroatoms. The van der Waals surface area contributed by atoms with E-state index in [4.69, 9.17) is 0 Å². The molecule has 2 bridgehead atoms. The number of pyridine rings is 1. The van der Waals surface area contributed by atoms with E-state index in [0.717, 1.165) is 40.7 Å². The summed E-state index contributed by atoms with van der Waals surface area (Å²) in [6, 6.07) is 17.6. The number of rotatable bonds is 9. The standard InChI is InChI=1S/C35H38N6O4/c1-21(42)40-34-13-26(14-34)28(17-34)32(44)41(19-24-7-4-3-6-23(24)18-36-2)20-30(43)38-27-10-9-22-15-35(16-25(22)12-27)29-8-5-11-37-31(29)39-33(35)45/h3-12,26,28,36H,13-20H2,1-2H3,(H,38,43)(H,40,42)(H,37,39,45)/t26?,28-,34?,35-/m1/s1. The molecular formula is C35H38N6O4. The molecule has 3 saturated carbocycles. The molecule has 5 aliphatic rings. The van der Waals surface area contributed by atoms with Crippen molar-refractivity contribution in [3.63, 3.8) is 0 Å². The maximum atomic E-state index is 14.1. The molecule has 1 spiro atoms. The molecule has 1 aromatic heterocycles. The predicted molar refractivity (Wildman–Crippen MR) is 169 cm³/mol. The average molecular weight is 607 g/mol. The Balaban J connectivity index is 1.09. The van der Waals surface area contributed by atoms with Gasteiger partial charge in [-0.2, -0.15) is 0 Å². The second kappa shape index (κ2) is 11.1. The van der Waals surface area contributed by atoms with Gasteiger partial charge in [-0.25, -0.2) is 4.98 Å². The average Bonchev–Trinajstić information content (AvgIpc) is 3.72. The lowest BCUT2D eigenvalue weighted by Crippen LogP contribution is -2.51. The molecule has 2 heterocycles. The first-order chi connectivity index (χ1) is 21.7. The highest BCUT2D eigenvalue weighted by Gasteiger charge is 2.59. The number of fused-ring (bicyclic) bond motifs is 4. The molecule has 232 valence electrons. The Hall–Kier alpha value is -4.57. The molecule has 4 aliphatic carbocycles. The summed E-state index contributed by atoms with van der Waals surface area (Å²) in [7, 11) is 1.88. The molecule has 1 aliphatic heterocycles. The van der Waals surface area contributed by atoms with Crippen molar-refractivity contribution in [3.05, 3.63) is 88.6 Å². The largest absolute Gasteiger partial charge is 0.351 e. The number of hydrogen-bond donors (Lipinski definition) is 4. The Morgan fingerprint density at radius 1 is 1.00 bits per heavy atom. The fraction of sp³-hybridized carbons (Fsp3) is 0.400. The first kappa shape index (κ1) is 29.2. The van der Waals surface area contributed by atoms with E-state index in [9.17, 15) is 19.2 Å². The Bertz CT molecular complexity index is 1720. The fourth-order valence-corrected chi connectivity index (χ4v) is 8.24. The number of amides is 4. The second-order valence-corrected chi connectivity index (χ2v) is 13.3. The number of benzene rings is 2. The van der Waals surface area contributed by atoms with Gasteiger partial charge in [-0.1, -0.05) is 36.4 Å². The summed E-state index contributed by atoms with van der Waals surface area (Å²) in [6.45, 7) is 2.39. The van der Waals surface area contributed by atoms with Crippen LogP contribution in [0.15, 0.2) is 60.8 Å². The number of nitrogens with one attached hydrogen (secondary N) is 4. The highest BCUT2D eigenvalue weighted by Crippen LogP contribution is 2.56. The van der Waals surface area contributed by atoms with E-state index in [1.165, 1.54) is 6.92 Å². The summed E-state index contributed by atoms with van der Waals surface area (Å²) < 4.78 is 0. The van der Waals surface area contributed by atoms with Crippen LogP contribution in [0.1, 0.15) is 54.0 Å². The molecule has 3 fully saturated rings. The molecule has 8 rings (SSSR count). The van der Waals surface area contributed by atoms with E-state index in [1.54, 1.807) is 11.1 Å². The molecule has 0 radical (unpaired) electrons. The Labute approximate surface area is 262 Å². The van der Waals surface area contributed by atoms with Crippen molar-refractivity contribution in [2.24, 2.45) is 11.8 Å². The number of aromatic nitrogens is 1. The molecule has 0 unspecified atom stereocenters. The monoisotopic (exact) mass is 606 g/mol. The Morgan fingerprint density at radius 3 is 2.56 bits per heavy atom. The van der Waals surface area contributed by atoms with E-state index >= 15 is 0 Å². The highest BCUT2D eigenvalue weighted by molar-refractivity contribution is 6.06. The summed E-state index contributed by atoms with van der Waals surface area (Å²) in [5, 5.41) is 12.2. The van der Waals surface area contributed by atoms with Gasteiger partial charge in [-0.15, -0.1) is 0 Å². The topological polar surface area (TPSA) is 133 Å². The molecule has 45 heavy (non-hydrogen) atoms. The van der Waals surface area contributed by atoms with Gasteiger partial charge >= 0.3 is 0 Å². The third kappa shape index (κ3) is 5.16. The normalized spacial score (nSPS) is 25.2. The van der Waals surface area contributed by atoms with Crippen molar-refractivity contribution in [3.8, 4) is 0 Å². The van der Waals surface area contributed by atoms with E-state index in [0.29, 0.717) is 43.9 Å². The van der Waals surface area contributed by atoms with Crippen LogP contribution in [0.5, 0.6) is 0 Å². The van der Waals surface area contributed by atoms with Crippen molar-refractivity contribution < 1.29 is 19.2 Å².